The van der Waals surface area contributed by atoms with E-state index in [2.05, 4.69) is 9.97 Å². The van der Waals surface area contributed by atoms with Crippen LogP contribution in [0.4, 0.5) is 4.39 Å². The average Bonchev–Trinajstić information content (AvgIpc) is 2.68. The Labute approximate surface area is 108 Å². The Morgan fingerprint density at radius 2 is 1.78 bits per heavy atom. The molecule has 0 unspecified atom stereocenters. The van der Waals surface area contributed by atoms with Gasteiger partial charge in [0.05, 0.1) is 0 Å². The van der Waals surface area contributed by atoms with Crippen molar-refractivity contribution in [1.29, 1.82) is 0 Å². The Morgan fingerprint density at radius 1 is 1.06 bits per heavy atom. The first-order valence-electron chi connectivity index (χ1n) is 5.40. The van der Waals surface area contributed by atoms with Gasteiger partial charge in [-0.25, -0.2) is 14.4 Å². The van der Waals surface area contributed by atoms with E-state index >= 15 is 0 Å². The summed E-state index contributed by atoms with van der Waals surface area (Å²) in [6.45, 7) is 0. The lowest BCUT2D eigenvalue weighted by atomic mass is 10.2. The minimum atomic E-state index is -0.265. The molecule has 3 aromatic rings. The van der Waals surface area contributed by atoms with Gasteiger partial charge in [0.2, 0.25) is 0 Å². The molecule has 1 aromatic carbocycles. The van der Waals surface area contributed by atoms with Crippen molar-refractivity contribution in [3.05, 3.63) is 47.4 Å². The van der Waals surface area contributed by atoms with E-state index in [-0.39, 0.29) is 5.82 Å². The Balaban J connectivity index is 2.23. The lowest BCUT2D eigenvalue weighted by Crippen LogP contribution is -1.94. The maximum absolute atomic E-state index is 12.9. The molecule has 0 spiro atoms. The molecule has 2 heterocycles. The van der Waals surface area contributed by atoms with Crippen LogP contribution in [0.15, 0.2) is 36.4 Å². The van der Waals surface area contributed by atoms with Crippen molar-refractivity contribution in [3.63, 3.8) is 0 Å². The molecule has 0 radical (unpaired) electrons. The minimum Gasteiger partial charge on any atom is -0.312 e. The summed E-state index contributed by atoms with van der Waals surface area (Å²) in [6, 6.07) is 9.73. The van der Waals surface area contributed by atoms with Gasteiger partial charge >= 0.3 is 0 Å². The van der Waals surface area contributed by atoms with Gasteiger partial charge in [0.15, 0.2) is 5.65 Å². The van der Waals surface area contributed by atoms with E-state index in [0.717, 1.165) is 16.9 Å². The largest absolute Gasteiger partial charge is 0.312 e. The highest BCUT2D eigenvalue weighted by atomic mass is 35.5. The number of aromatic nitrogens is 3. The van der Waals surface area contributed by atoms with E-state index in [0.29, 0.717) is 10.8 Å². The third-order valence-corrected chi connectivity index (χ3v) is 3.00. The zero-order chi connectivity index (χ0) is 12.7. The van der Waals surface area contributed by atoms with Crippen LogP contribution in [0.3, 0.4) is 0 Å². The second-order valence-corrected chi connectivity index (χ2v) is 4.37. The SMILES string of the molecule is Cn1c(-c2ccc(F)cc2)nc2ccc(Cl)nc21. The van der Waals surface area contributed by atoms with Crippen molar-refractivity contribution in [2.75, 3.05) is 0 Å². The number of fused-ring (bicyclic) bond motifs is 1. The predicted molar refractivity (Wildman–Crippen MR) is 68.9 cm³/mol. The minimum absolute atomic E-state index is 0.265. The van der Waals surface area contributed by atoms with Crippen molar-refractivity contribution in [2.24, 2.45) is 7.05 Å². The van der Waals surface area contributed by atoms with E-state index in [1.165, 1.54) is 12.1 Å². The van der Waals surface area contributed by atoms with Crippen molar-refractivity contribution in [2.45, 2.75) is 0 Å². The lowest BCUT2D eigenvalue weighted by Gasteiger charge is -2.01. The zero-order valence-corrected chi connectivity index (χ0v) is 10.3. The molecule has 0 aliphatic rings. The molecule has 0 aliphatic heterocycles. The first-order chi connectivity index (χ1) is 8.65. The molecule has 0 aliphatic carbocycles. The summed E-state index contributed by atoms with van der Waals surface area (Å²) < 4.78 is 14.7. The highest BCUT2D eigenvalue weighted by Gasteiger charge is 2.11. The molecule has 3 rings (SSSR count). The van der Waals surface area contributed by atoms with Crippen LogP contribution in [0.25, 0.3) is 22.6 Å². The fourth-order valence-electron chi connectivity index (χ4n) is 1.90. The second-order valence-electron chi connectivity index (χ2n) is 3.98. The van der Waals surface area contributed by atoms with Gasteiger partial charge in [0.25, 0.3) is 0 Å². The smallest absolute Gasteiger partial charge is 0.161 e. The Hall–Kier alpha value is -1.94. The molecule has 0 amide bonds. The first-order valence-corrected chi connectivity index (χ1v) is 5.78. The van der Waals surface area contributed by atoms with Crippen LogP contribution in [0.2, 0.25) is 5.15 Å². The van der Waals surface area contributed by atoms with Crippen LogP contribution in [0, 0.1) is 5.82 Å². The molecule has 0 saturated heterocycles. The molecular weight excluding hydrogens is 253 g/mol. The van der Waals surface area contributed by atoms with Gasteiger partial charge in [-0.3, -0.25) is 0 Å². The fourth-order valence-corrected chi connectivity index (χ4v) is 2.04. The van der Waals surface area contributed by atoms with Crippen LogP contribution >= 0.6 is 11.6 Å². The highest BCUT2D eigenvalue weighted by molar-refractivity contribution is 6.29. The van der Waals surface area contributed by atoms with Gasteiger partial charge in [-0.2, -0.15) is 0 Å². The maximum Gasteiger partial charge on any atom is 0.161 e. The lowest BCUT2D eigenvalue weighted by molar-refractivity contribution is 0.628. The van der Waals surface area contributed by atoms with E-state index in [9.17, 15) is 4.39 Å². The molecule has 90 valence electrons. The predicted octanol–water partition coefficient (Wildman–Crippen LogP) is 3.43. The Morgan fingerprint density at radius 3 is 2.50 bits per heavy atom. The fraction of sp³-hybridized carbons (Fsp3) is 0.0769. The number of benzene rings is 1. The number of hydrogen-bond acceptors (Lipinski definition) is 2. The van der Waals surface area contributed by atoms with Gasteiger partial charge in [-0.15, -0.1) is 0 Å². The number of pyridine rings is 1. The molecule has 5 heteroatoms. The van der Waals surface area contributed by atoms with Crippen molar-refractivity contribution >= 4 is 22.8 Å². The van der Waals surface area contributed by atoms with Crippen LogP contribution in [0.1, 0.15) is 0 Å². The van der Waals surface area contributed by atoms with Gasteiger partial charge < -0.3 is 4.57 Å². The number of aryl methyl sites for hydroxylation is 1. The summed E-state index contributed by atoms with van der Waals surface area (Å²) in [4.78, 5) is 8.70. The number of imidazole rings is 1. The van der Waals surface area contributed by atoms with E-state index in [4.69, 9.17) is 11.6 Å². The summed E-state index contributed by atoms with van der Waals surface area (Å²) in [5.74, 6) is 0.471. The molecule has 2 aromatic heterocycles. The van der Waals surface area contributed by atoms with Gasteiger partial charge in [-0.05, 0) is 36.4 Å². The molecule has 0 fully saturated rings. The van der Waals surface area contributed by atoms with Crippen LogP contribution < -0.4 is 0 Å². The van der Waals surface area contributed by atoms with Crippen LogP contribution in [-0.2, 0) is 7.05 Å². The molecular formula is C13H9ClFN3. The second kappa shape index (κ2) is 4.07. The molecule has 18 heavy (non-hydrogen) atoms. The van der Waals surface area contributed by atoms with Crippen LogP contribution in [-0.4, -0.2) is 14.5 Å². The first kappa shape index (κ1) is 11.2. The highest BCUT2D eigenvalue weighted by Crippen LogP contribution is 2.23. The van der Waals surface area contributed by atoms with Crippen molar-refractivity contribution < 1.29 is 4.39 Å². The third kappa shape index (κ3) is 1.75. The standard InChI is InChI=1S/C13H9ClFN3/c1-18-12(8-2-4-9(15)5-3-8)16-10-6-7-11(14)17-13(10)18/h2-7H,1H3. The normalized spacial score (nSPS) is 11.1. The number of hydrogen-bond donors (Lipinski definition) is 0. The summed E-state index contributed by atoms with van der Waals surface area (Å²) >= 11 is 5.86. The molecule has 0 N–H and O–H groups in total. The van der Waals surface area contributed by atoms with E-state index < -0.39 is 0 Å². The summed E-state index contributed by atoms with van der Waals surface area (Å²) in [5.41, 5.74) is 2.32. The van der Waals surface area contributed by atoms with E-state index in [1.54, 1.807) is 18.2 Å². The summed E-state index contributed by atoms with van der Waals surface area (Å²) in [7, 11) is 1.86. The zero-order valence-electron chi connectivity index (χ0n) is 9.56. The van der Waals surface area contributed by atoms with Gasteiger partial charge in [0.1, 0.15) is 22.3 Å². The van der Waals surface area contributed by atoms with Gasteiger partial charge in [-0.1, -0.05) is 11.6 Å². The molecule has 0 atom stereocenters. The topological polar surface area (TPSA) is 30.7 Å². The average molecular weight is 262 g/mol. The Bertz CT molecular complexity index is 719. The van der Waals surface area contributed by atoms with Gasteiger partial charge in [0, 0.05) is 12.6 Å². The monoisotopic (exact) mass is 261 g/mol. The molecule has 0 saturated carbocycles. The number of rotatable bonds is 1. The molecule has 0 bridgehead atoms. The summed E-state index contributed by atoms with van der Waals surface area (Å²) in [6.07, 6.45) is 0. The van der Waals surface area contributed by atoms with Crippen molar-refractivity contribution in [1.82, 2.24) is 14.5 Å². The third-order valence-electron chi connectivity index (χ3n) is 2.78. The van der Waals surface area contributed by atoms with Crippen molar-refractivity contribution in [3.8, 4) is 11.4 Å². The molecule has 3 nitrogen and oxygen atoms in total. The number of halogens is 2. The number of nitrogens with zero attached hydrogens (tertiary/aromatic N) is 3. The quantitative estimate of drug-likeness (QED) is 0.629. The van der Waals surface area contributed by atoms with Crippen LogP contribution in [0.5, 0.6) is 0 Å². The summed E-state index contributed by atoms with van der Waals surface area (Å²) in [5, 5.41) is 0.427. The maximum atomic E-state index is 12.9. The van der Waals surface area contributed by atoms with E-state index in [1.807, 2.05) is 17.7 Å². The Kier molecular flexibility index (Phi) is 2.52.